The fourth-order valence-corrected chi connectivity index (χ4v) is 4.96. The quantitative estimate of drug-likeness (QED) is 0.699. The van der Waals surface area contributed by atoms with E-state index >= 15 is 0 Å². The number of nitrogens with one attached hydrogen (secondary N) is 1. The lowest BCUT2D eigenvalue weighted by Gasteiger charge is -2.34. The molecule has 2 aliphatic heterocycles. The van der Waals surface area contributed by atoms with Gasteiger partial charge in [0.15, 0.2) is 5.11 Å². The molecule has 2 saturated heterocycles. The van der Waals surface area contributed by atoms with Crippen molar-refractivity contribution in [1.29, 1.82) is 0 Å². The first-order valence-electron chi connectivity index (χ1n) is 10.4. The molecule has 0 aromatic carbocycles. The number of thiazole rings is 1. The lowest BCUT2D eigenvalue weighted by molar-refractivity contribution is 0.0388. The van der Waals surface area contributed by atoms with Crippen molar-refractivity contribution in [2.24, 2.45) is 0 Å². The Kier molecular flexibility index (Phi) is 7.12. The van der Waals surface area contributed by atoms with Crippen molar-refractivity contribution in [3.63, 3.8) is 0 Å². The first kappa shape index (κ1) is 20.7. The number of piperidine rings is 1. The topological polar surface area (TPSA) is 58.5 Å². The minimum absolute atomic E-state index is 0.483. The molecule has 2 aromatic rings. The van der Waals surface area contributed by atoms with Crippen LogP contribution in [0.4, 0.5) is 0 Å². The van der Waals surface area contributed by atoms with Crippen molar-refractivity contribution in [2.75, 3.05) is 52.5 Å². The van der Waals surface area contributed by atoms with Gasteiger partial charge in [-0.3, -0.25) is 4.90 Å². The van der Waals surface area contributed by atoms with Crippen LogP contribution < -0.4 is 5.32 Å². The van der Waals surface area contributed by atoms with E-state index in [4.69, 9.17) is 17.0 Å². The van der Waals surface area contributed by atoms with Crippen LogP contribution in [0.25, 0.3) is 0 Å². The lowest BCUT2D eigenvalue weighted by atomic mass is 9.96. The number of ether oxygens (including phenoxy) is 1. The van der Waals surface area contributed by atoms with E-state index in [0.29, 0.717) is 5.92 Å². The minimum atomic E-state index is 0.483. The van der Waals surface area contributed by atoms with Crippen LogP contribution in [0.5, 0.6) is 0 Å². The first-order valence-corrected chi connectivity index (χ1v) is 11.7. The highest BCUT2D eigenvalue weighted by Crippen LogP contribution is 2.27. The summed E-state index contributed by atoms with van der Waals surface area (Å²) < 4.78 is 7.66. The fourth-order valence-electron chi connectivity index (χ4n) is 4.07. The van der Waals surface area contributed by atoms with E-state index in [0.717, 1.165) is 87.7 Å². The molecule has 2 aliphatic rings. The van der Waals surface area contributed by atoms with E-state index in [1.165, 1.54) is 5.82 Å². The van der Waals surface area contributed by atoms with Crippen LogP contribution in [0.2, 0.25) is 0 Å². The number of hydrogen-bond donors (Lipinski definition) is 1. The highest BCUT2D eigenvalue weighted by molar-refractivity contribution is 7.80. The van der Waals surface area contributed by atoms with Gasteiger partial charge >= 0.3 is 0 Å². The molecular weight excluding hydrogens is 404 g/mol. The Bertz CT molecular complexity index is 793. The lowest BCUT2D eigenvalue weighted by Crippen LogP contribution is -2.47. The molecule has 29 heavy (non-hydrogen) atoms. The number of thiocarbonyl (C=S) groups is 1. The average molecular weight is 435 g/mol. The molecule has 9 heteroatoms. The van der Waals surface area contributed by atoms with Gasteiger partial charge in [0.2, 0.25) is 0 Å². The number of morpholine rings is 1. The average Bonchev–Trinajstić information content (AvgIpc) is 3.38. The normalized spacial score (nSPS) is 18.9. The van der Waals surface area contributed by atoms with E-state index in [1.54, 1.807) is 11.3 Å². The van der Waals surface area contributed by atoms with Gasteiger partial charge in [-0.2, -0.15) is 0 Å². The molecule has 7 nitrogen and oxygen atoms in total. The number of aromatic nitrogens is 3. The van der Waals surface area contributed by atoms with Gasteiger partial charge in [0.25, 0.3) is 0 Å². The molecular formula is C20H30N6OS2. The highest BCUT2D eigenvalue weighted by Gasteiger charge is 2.25. The van der Waals surface area contributed by atoms with Crippen molar-refractivity contribution >= 4 is 28.7 Å². The van der Waals surface area contributed by atoms with Gasteiger partial charge in [0.1, 0.15) is 5.82 Å². The zero-order valence-electron chi connectivity index (χ0n) is 17.0. The Labute approximate surface area is 182 Å². The number of hydrogen-bond acceptors (Lipinski definition) is 6. The summed E-state index contributed by atoms with van der Waals surface area (Å²) in [5.74, 6) is 1.67. The summed E-state index contributed by atoms with van der Waals surface area (Å²) in [6.45, 7) is 10.5. The molecule has 0 aliphatic carbocycles. The summed E-state index contributed by atoms with van der Waals surface area (Å²) in [7, 11) is 0. The minimum Gasteiger partial charge on any atom is -0.379 e. The van der Waals surface area contributed by atoms with E-state index < -0.39 is 0 Å². The summed E-state index contributed by atoms with van der Waals surface area (Å²) in [5.41, 5.74) is 1.12. The van der Waals surface area contributed by atoms with Crippen molar-refractivity contribution in [3.05, 3.63) is 34.3 Å². The van der Waals surface area contributed by atoms with Gasteiger partial charge in [-0.15, -0.1) is 11.3 Å². The third-order valence-electron chi connectivity index (χ3n) is 5.70. The molecule has 4 heterocycles. The molecule has 0 bridgehead atoms. The maximum Gasteiger partial charge on any atom is 0.168 e. The van der Waals surface area contributed by atoms with Crippen molar-refractivity contribution in [2.45, 2.75) is 32.2 Å². The van der Waals surface area contributed by atoms with Gasteiger partial charge in [0.05, 0.1) is 30.5 Å². The number of imidazole rings is 1. The Morgan fingerprint density at radius 1 is 1.28 bits per heavy atom. The molecule has 0 unspecified atom stereocenters. The van der Waals surface area contributed by atoms with Gasteiger partial charge in [-0.25, -0.2) is 9.97 Å². The largest absolute Gasteiger partial charge is 0.379 e. The standard InChI is InChI=1S/C20H30N6OS2/c1-16-23-18(15-29-16)14-26-9-5-21-19(26)17-2-6-25(7-3-17)20(28)22-4-8-24-10-12-27-13-11-24/h5,9,15,17H,2-4,6-8,10-14H2,1H3,(H,22,28). The van der Waals surface area contributed by atoms with Crippen LogP contribution in [0, 0.1) is 6.92 Å². The number of rotatable bonds is 6. The molecule has 0 atom stereocenters. The molecule has 4 rings (SSSR count). The summed E-state index contributed by atoms with van der Waals surface area (Å²) in [5, 5.41) is 7.59. The molecule has 0 saturated carbocycles. The second-order valence-electron chi connectivity index (χ2n) is 7.72. The Balaban J connectivity index is 1.23. The second-order valence-corrected chi connectivity index (χ2v) is 9.17. The molecule has 2 aromatic heterocycles. The Morgan fingerprint density at radius 3 is 2.79 bits per heavy atom. The van der Waals surface area contributed by atoms with Gasteiger partial charge < -0.3 is 19.5 Å². The Morgan fingerprint density at radius 2 is 2.07 bits per heavy atom. The molecule has 2 fully saturated rings. The summed E-state index contributed by atoms with van der Waals surface area (Å²) >= 11 is 7.34. The van der Waals surface area contributed by atoms with E-state index in [9.17, 15) is 0 Å². The number of nitrogens with zero attached hydrogens (tertiary/aromatic N) is 5. The van der Waals surface area contributed by atoms with Gasteiger partial charge in [0, 0.05) is 63.0 Å². The van der Waals surface area contributed by atoms with Crippen LogP contribution in [0.1, 0.15) is 35.3 Å². The van der Waals surface area contributed by atoms with Crippen molar-refractivity contribution in [3.8, 4) is 0 Å². The van der Waals surface area contributed by atoms with Gasteiger partial charge in [-0.05, 0) is 32.0 Å². The number of aryl methyl sites for hydroxylation is 1. The van der Waals surface area contributed by atoms with Crippen LogP contribution in [0.15, 0.2) is 17.8 Å². The third kappa shape index (κ3) is 5.53. The monoisotopic (exact) mass is 434 g/mol. The van der Waals surface area contributed by atoms with E-state index in [1.807, 2.05) is 6.20 Å². The summed E-state index contributed by atoms with van der Waals surface area (Å²) in [4.78, 5) is 14.0. The highest BCUT2D eigenvalue weighted by atomic mass is 32.1. The van der Waals surface area contributed by atoms with Gasteiger partial charge in [-0.1, -0.05) is 0 Å². The predicted molar refractivity (Wildman–Crippen MR) is 120 cm³/mol. The molecule has 0 spiro atoms. The van der Waals surface area contributed by atoms with Crippen molar-refractivity contribution < 1.29 is 4.74 Å². The van der Waals surface area contributed by atoms with Crippen molar-refractivity contribution in [1.82, 2.24) is 29.7 Å². The van der Waals surface area contributed by atoms with E-state index in [2.05, 4.69) is 48.2 Å². The SMILES string of the molecule is Cc1nc(Cn2ccnc2C2CCN(C(=S)NCCN3CCOCC3)CC2)cs1. The zero-order valence-corrected chi connectivity index (χ0v) is 18.7. The molecule has 158 valence electrons. The summed E-state index contributed by atoms with van der Waals surface area (Å²) in [6.07, 6.45) is 6.16. The summed E-state index contributed by atoms with van der Waals surface area (Å²) in [6, 6.07) is 0. The maximum absolute atomic E-state index is 5.64. The van der Waals surface area contributed by atoms with Crippen LogP contribution in [-0.2, 0) is 11.3 Å². The smallest absolute Gasteiger partial charge is 0.168 e. The fraction of sp³-hybridized carbons (Fsp3) is 0.650. The molecule has 0 amide bonds. The zero-order chi connectivity index (χ0) is 20.1. The second kappa shape index (κ2) is 9.97. The maximum atomic E-state index is 5.64. The van der Waals surface area contributed by atoms with Crippen LogP contribution in [-0.4, -0.2) is 81.9 Å². The first-order chi connectivity index (χ1) is 14.2. The Hall–Kier alpha value is -1.55. The molecule has 1 N–H and O–H groups in total. The predicted octanol–water partition coefficient (Wildman–Crippen LogP) is 2.08. The third-order valence-corrected chi connectivity index (χ3v) is 6.93. The van der Waals surface area contributed by atoms with Crippen LogP contribution in [0.3, 0.4) is 0 Å². The van der Waals surface area contributed by atoms with Crippen LogP contribution >= 0.6 is 23.6 Å². The van der Waals surface area contributed by atoms with E-state index in [-0.39, 0.29) is 0 Å². The molecule has 0 radical (unpaired) electrons. The number of likely N-dealkylation sites (tertiary alicyclic amines) is 1.